The summed E-state index contributed by atoms with van der Waals surface area (Å²) in [5, 5.41) is 31.7. The number of β-lactam (4-membered cyclic amide) rings is 1. The maximum Gasteiger partial charge on any atom is 0.353 e. The van der Waals surface area contributed by atoms with E-state index in [-0.39, 0.29) is 41.3 Å². The Kier molecular flexibility index (Phi) is 5.32. The maximum atomic E-state index is 12.3. The summed E-state index contributed by atoms with van der Waals surface area (Å²) in [6, 6.07) is -0.189. The fraction of sp³-hybridized carbons (Fsp3) is 0.706. The van der Waals surface area contributed by atoms with E-state index in [1.165, 1.54) is 16.7 Å². The van der Waals surface area contributed by atoms with Crippen molar-refractivity contribution in [2.75, 3.05) is 6.54 Å². The lowest BCUT2D eigenvalue weighted by molar-refractivity contribution is -0.163. The Morgan fingerprint density at radius 1 is 1.38 bits per heavy atom. The number of carboxylic acids is 2. The fourth-order valence-corrected chi connectivity index (χ4v) is 5.77. The minimum Gasteiger partial charge on any atom is -0.481 e. The number of aliphatic hydroxyl groups excluding tert-OH is 1. The normalized spacial score (nSPS) is 34.7. The predicted octanol–water partition coefficient (Wildman–Crippen LogP) is 0.469. The highest BCUT2D eigenvalue weighted by Crippen LogP contribution is 2.51. The molecular weight excluding hydrogens is 360 g/mol. The van der Waals surface area contributed by atoms with Crippen molar-refractivity contribution in [2.45, 2.75) is 56.5 Å². The SMILES string of the molecule is CC(O)[C@H]1C(=O)N2C(C(=O)O)=C(S[C@@H]3CN[C@H](CCC(=O)O)C3)[C@H](C)[C@H]12. The summed E-state index contributed by atoms with van der Waals surface area (Å²) in [5.41, 5.74) is 0.0448. The summed E-state index contributed by atoms with van der Waals surface area (Å²) in [7, 11) is 0. The number of fused-ring (bicyclic) bond motifs is 1. The molecule has 0 aromatic rings. The minimum absolute atomic E-state index is 0.0448. The number of nitrogens with one attached hydrogen (secondary N) is 1. The largest absolute Gasteiger partial charge is 0.481 e. The molecule has 0 radical (unpaired) electrons. The van der Waals surface area contributed by atoms with Crippen LogP contribution in [0.1, 0.15) is 33.1 Å². The molecule has 2 fully saturated rings. The van der Waals surface area contributed by atoms with Crippen LogP contribution in [-0.4, -0.2) is 68.0 Å². The standard InChI is InChI=1S/C17H24N2O6S/c1-7-13-12(8(2)20)16(23)19(13)14(17(24)25)15(7)26-10-5-9(18-6-10)3-4-11(21)22/h7-10,12-13,18,20H,3-6H2,1-2H3,(H,21,22)(H,24,25)/t7-,8?,9-,10+,12-,13-/m1/s1. The maximum absolute atomic E-state index is 12.3. The molecule has 144 valence electrons. The van der Waals surface area contributed by atoms with Gasteiger partial charge in [-0.2, -0.15) is 0 Å². The zero-order valence-electron chi connectivity index (χ0n) is 14.7. The summed E-state index contributed by atoms with van der Waals surface area (Å²) in [6.07, 6.45) is 0.609. The summed E-state index contributed by atoms with van der Waals surface area (Å²) in [5.74, 6) is -2.96. The van der Waals surface area contributed by atoms with E-state index < -0.39 is 24.0 Å². The van der Waals surface area contributed by atoms with Gasteiger partial charge in [0.1, 0.15) is 5.70 Å². The molecule has 3 aliphatic rings. The Morgan fingerprint density at radius 2 is 2.08 bits per heavy atom. The molecule has 3 rings (SSSR count). The minimum atomic E-state index is -1.12. The van der Waals surface area contributed by atoms with Crippen LogP contribution in [0.3, 0.4) is 0 Å². The Hall–Kier alpha value is -1.58. The number of aliphatic carboxylic acids is 2. The first-order valence-electron chi connectivity index (χ1n) is 8.82. The van der Waals surface area contributed by atoms with Gasteiger partial charge in [-0.25, -0.2) is 4.79 Å². The van der Waals surface area contributed by atoms with Gasteiger partial charge in [0.15, 0.2) is 0 Å². The fourth-order valence-electron chi connectivity index (χ4n) is 4.25. The number of hydrogen-bond acceptors (Lipinski definition) is 6. The molecule has 2 saturated heterocycles. The van der Waals surface area contributed by atoms with Crippen molar-refractivity contribution in [3.63, 3.8) is 0 Å². The number of aliphatic hydroxyl groups is 1. The number of amides is 1. The summed E-state index contributed by atoms with van der Waals surface area (Å²) >= 11 is 1.47. The number of thioether (sulfide) groups is 1. The summed E-state index contributed by atoms with van der Waals surface area (Å²) < 4.78 is 0. The van der Waals surface area contributed by atoms with Gasteiger partial charge < -0.3 is 25.5 Å². The van der Waals surface area contributed by atoms with Gasteiger partial charge in [0.25, 0.3) is 0 Å². The molecule has 0 saturated carbocycles. The number of carbonyl (C=O) groups excluding carboxylic acids is 1. The van der Waals surface area contributed by atoms with Crippen molar-refractivity contribution in [2.24, 2.45) is 11.8 Å². The number of nitrogens with zero attached hydrogens (tertiary/aromatic N) is 1. The van der Waals surface area contributed by atoms with Crippen molar-refractivity contribution in [1.29, 1.82) is 0 Å². The molecule has 26 heavy (non-hydrogen) atoms. The molecular formula is C17H24N2O6S. The highest BCUT2D eigenvalue weighted by molar-refractivity contribution is 8.03. The molecule has 9 heteroatoms. The lowest BCUT2D eigenvalue weighted by atomic mass is 9.79. The van der Waals surface area contributed by atoms with Gasteiger partial charge in [0.2, 0.25) is 5.91 Å². The van der Waals surface area contributed by atoms with E-state index in [1.54, 1.807) is 6.92 Å². The van der Waals surface area contributed by atoms with Crippen LogP contribution in [0.15, 0.2) is 10.6 Å². The van der Waals surface area contributed by atoms with Crippen molar-refractivity contribution >= 4 is 29.6 Å². The van der Waals surface area contributed by atoms with Gasteiger partial charge in [-0.3, -0.25) is 9.59 Å². The summed E-state index contributed by atoms with van der Waals surface area (Å²) in [4.78, 5) is 36.8. The third-order valence-corrected chi connectivity index (χ3v) is 7.00. The van der Waals surface area contributed by atoms with E-state index in [9.17, 15) is 24.6 Å². The molecule has 1 amide bonds. The first-order valence-corrected chi connectivity index (χ1v) is 9.70. The first kappa shape index (κ1) is 19.2. The van der Waals surface area contributed by atoms with E-state index in [0.717, 1.165) is 6.42 Å². The van der Waals surface area contributed by atoms with Crippen molar-refractivity contribution in [1.82, 2.24) is 10.2 Å². The molecule has 0 spiro atoms. The van der Waals surface area contributed by atoms with Crippen LogP contribution in [0.25, 0.3) is 0 Å². The molecule has 6 atom stereocenters. The van der Waals surface area contributed by atoms with Gasteiger partial charge in [0, 0.05) is 35.1 Å². The van der Waals surface area contributed by atoms with E-state index in [1.807, 2.05) is 6.92 Å². The molecule has 0 bridgehead atoms. The second-order valence-electron chi connectivity index (χ2n) is 7.29. The topological polar surface area (TPSA) is 127 Å². The quantitative estimate of drug-likeness (QED) is 0.467. The second-order valence-corrected chi connectivity index (χ2v) is 8.63. The predicted molar refractivity (Wildman–Crippen MR) is 94.3 cm³/mol. The molecule has 0 aliphatic carbocycles. The zero-order chi connectivity index (χ0) is 19.2. The second kappa shape index (κ2) is 7.21. The van der Waals surface area contributed by atoms with Crippen molar-refractivity contribution < 1.29 is 29.7 Å². The first-order chi connectivity index (χ1) is 12.2. The number of hydrogen-bond donors (Lipinski definition) is 4. The average Bonchev–Trinajstić information content (AvgIpc) is 3.08. The van der Waals surface area contributed by atoms with Gasteiger partial charge in [0.05, 0.1) is 18.1 Å². The Balaban J connectivity index is 1.72. The van der Waals surface area contributed by atoms with Crippen LogP contribution in [0.4, 0.5) is 0 Å². The van der Waals surface area contributed by atoms with Crippen molar-refractivity contribution in [3.8, 4) is 0 Å². The van der Waals surface area contributed by atoms with Crippen LogP contribution in [0, 0.1) is 11.8 Å². The molecule has 3 heterocycles. The van der Waals surface area contributed by atoms with E-state index >= 15 is 0 Å². The lowest BCUT2D eigenvalue weighted by Gasteiger charge is -2.46. The zero-order valence-corrected chi connectivity index (χ0v) is 15.5. The van der Waals surface area contributed by atoms with Crippen LogP contribution >= 0.6 is 11.8 Å². The van der Waals surface area contributed by atoms with Gasteiger partial charge >= 0.3 is 11.9 Å². The number of carbonyl (C=O) groups is 3. The monoisotopic (exact) mass is 384 g/mol. The molecule has 8 nitrogen and oxygen atoms in total. The van der Waals surface area contributed by atoms with E-state index in [2.05, 4.69) is 5.32 Å². The van der Waals surface area contributed by atoms with Gasteiger partial charge in [-0.05, 0) is 19.8 Å². The third-order valence-electron chi connectivity index (χ3n) is 5.49. The van der Waals surface area contributed by atoms with Crippen LogP contribution in [0.2, 0.25) is 0 Å². The van der Waals surface area contributed by atoms with Crippen LogP contribution in [0.5, 0.6) is 0 Å². The molecule has 3 aliphatic heterocycles. The summed E-state index contributed by atoms with van der Waals surface area (Å²) in [6.45, 7) is 4.14. The Morgan fingerprint density at radius 3 is 2.65 bits per heavy atom. The Bertz CT molecular complexity index is 664. The molecule has 0 aromatic carbocycles. The number of rotatable bonds is 7. The molecule has 0 aromatic heterocycles. The van der Waals surface area contributed by atoms with Crippen LogP contribution in [-0.2, 0) is 14.4 Å². The highest BCUT2D eigenvalue weighted by atomic mass is 32.2. The molecule has 1 unspecified atom stereocenters. The van der Waals surface area contributed by atoms with Gasteiger partial charge in [-0.15, -0.1) is 11.8 Å². The van der Waals surface area contributed by atoms with Gasteiger partial charge in [-0.1, -0.05) is 6.92 Å². The van der Waals surface area contributed by atoms with E-state index in [0.29, 0.717) is 17.9 Å². The highest BCUT2D eigenvalue weighted by Gasteiger charge is 2.60. The van der Waals surface area contributed by atoms with Crippen molar-refractivity contribution in [3.05, 3.63) is 10.6 Å². The van der Waals surface area contributed by atoms with E-state index in [4.69, 9.17) is 5.11 Å². The third kappa shape index (κ3) is 3.23. The average molecular weight is 384 g/mol. The lowest BCUT2D eigenvalue weighted by Crippen LogP contribution is -2.63. The Labute approximate surface area is 155 Å². The smallest absolute Gasteiger partial charge is 0.353 e. The number of carboxylic acid groups (broad SMARTS) is 2. The van der Waals surface area contributed by atoms with Crippen LogP contribution < -0.4 is 5.32 Å². The molecule has 4 N–H and O–H groups in total.